The third-order valence-electron chi connectivity index (χ3n) is 2.97. The Morgan fingerprint density at radius 2 is 1.91 bits per heavy atom. The summed E-state index contributed by atoms with van der Waals surface area (Å²) in [7, 11) is -3.87. The zero-order valence-corrected chi connectivity index (χ0v) is 13.3. The maximum atomic E-state index is 12.5. The fourth-order valence-electron chi connectivity index (χ4n) is 1.92. The van der Waals surface area contributed by atoms with Crippen molar-refractivity contribution in [3.05, 3.63) is 54.1 Å². The lowest BCUT2D eigenvalue weighted by Gasteiger charge is -2.13. The van der Waals surface area contributed by atoms with Crippen molar-refractivity contribution < 1.29 is 17.9 Å². The van der Waals surface area contributed by atoms with Gasteiger partial charge in [-0.15, -0.1) is 0 Å². The largest absolute Gasteiger partial charge is 0.492 e. The molecule has 0 aliphatic heterocycles. The van der Waals surface area contributed by atoms with Crippen LogP contribution in [0.2, 0.25) is 0 Å². The molecule has 0 heterocycles. The van der Waals surface area contributed by atoms with E-state index in [2.05, 4.69) is 4.72 Å². The first kappa shape index (κ1) is 16.8. The monoisotopic (exact) mass is 335 g/mol. The molecule has 0 aliphatic rings. The number of benzene rings is 2. The van der Waals surface area contributed by atoms with E-state index in [1.807, 2.05) is 5.43 Å². The highest BCUT2D eigenvalue weighted by molar-refractivity contribution is 7.92. The number of anilines is 1. The summed E-state index contributed by atoms with van der Waals surface area (Å²) >= 11 is 0. The Morgan fingerprint density at radius 3 is 2.61 bits per heavy atom. The molecule has 8 heteroatoms. The number of carbonyl (C=O) groups is 1. The number of hydrogen-bond acceptors (Lipinski definition) is 5. The van der Waals surface area contributed by atoms with Crippen molar-refractivity contribution in [2.45, 2.75) is 11.8 Å². The predicted molar refractivity (Wildman–Crippen MR) is 86.5 cm³/mol. The highest BCUT2D eigenvalue weighted by Crippen LogP contribution is 2.26. The topological polar surface area (TPSA) is 111 Å². The van der Waals surface area contributed by atoms with Crippen LogP contribution < -0.4 is 20.7 Å². The zero-order valence-electron chi connectivity index (χ0n) is 12.4. The van der Waals surface area contributed by atoms with Crippen LogP contribution in [0.25, 0.3) is 0 Å². The minimum Gasteiger partial charge on any atom is -0.492 e. The molecule has 0 bridgehead atoms. The molecule has 0 aliphatic carbocycles. The first-order chi connectivity index (χ1) is 11.0. The van der Waals surface area contributed by atoms with Crippen LogP contribution in [0.3, 0.4) is 0 Å². The second kappa shape index (κ2) is 7.12. The fraction of sp³-hybridized carbons (Fsp3) is 0.133. The zero-order chi connectivity index (χ0) is 16.9. The van der Waals surface area contributed by atoms with Crippen LogP contribution in [-0.4, -0.2) is 20.9 Å². The summed E-state index contributed by atoms with van der Waals surface area (Å²) in [6.45, 7) is 2.21. The number of nitrogens with one attached hydrogen (secondary N) is 2. The van der Waals surface area contributed by atoms with Crippen molar-refractivity contribution >= 4 is 21.6 Å². The molecule has 0 fully saturated rings. The molecule has 0 atom stereocenters. The molecule has 4 N–H and O–H groups in total. The van der Waals surface area contributed by atoms with Crippen LogP contribution in [0.15, 0.2) is 53.4 Å². The maximum Gasteiger partial charge on any atom is 0.265 e. The number of nitrogens with two attached hydrogens (primary N) is 1. The molecular formula is C15H17N3O4S. The SMILES string of the molecule is CCOc1ccccc1NS(=O)(=O)c1cccc(C(=O)NN)c1. The average molecular weight is 335 g/mol. The number of carbonyl (C=O) groups excluding carboxylic acids is 1. The summed E-state index contributed by atoms with van der Waals surface area (Å²) in [6.07, 6.45) is 0. The number of hydrazine groups is 1. The van der Waals surface area contributed by atoms with E-state index >= 15 is 0 Å². The molecule has 1 amide bonds. The Balaban J connectivity index is 2.35. The van der Waals surface area contributed by atoms with Gasteiger partial charge in [0.1, 0.15) is 5.75 Å². The third kappa shape index (κ3) is 3.99. The van der Waals surface area contributed by atoms with E-state index in [4.69, 9.17) is 10.6 Å². The van der Waals surface area contributed by atoms with Crippen LogP contribution in [0, 0.1) is 0 Å². The molecule has 23 heavy (non-hydrogen) atoms. The van der Waals surface area contributed by atoms with Crippen molar-refractivity contribution in [2.24, 2.45) is 5.84 Å². The Kier molecular flexibility index (Phi) is 5.20. The maximum absolute atomic E-state index is 12.5. The van der Waals surface area contributed by atoms with Gasteiger partial charge in [0.05, 0.1) is 17.2 Å². The van der Waals surface area contributed by atoms with Crippen LogP contribution in [0.4, 0.5) is 5.69 Å². The fourth-order valence-corrected chi connectivity index (χ4v) is 3.04. The van der Waals surface area contributed by atoms with Gasteiger partial charge in [-0.25, -0.2) is 14.3 Å². The lowest BCUT2D eigenvalue weighted by atomic mass is 10.2. The summed E-state index contributed by atoms with van der Waals surface area (Å²) in [5, 5.41) is 0. The van der Waals surface area contributed by atoms with Gasteiger partial charge in [0.2, 0.25) is 0 Å². The van der Waals surface area contributed by atoms with E-state index in [1.165, 1.54) is 24.3 Å². The van der Waals surface area contributed by atoms with Gasteiger partial charge >= 0.3 is 0 Å². The van der Waals surface area contributed by atoms with Gasteiger partial charge in [-0.1, -0.05) is 18.2 Å². The first-order valence-electron chi connectivity index (χ1n) is 6.83. The summed E-state index contributed by atoms with van der Waals surface area (Å²) in [6, 6.07) is 12.3. The molecule has 0 unspecified atom stereocenters. The lowest BCUT2D eigenvalue weighted by Crippen LogP contribution is -2.30. The molecule has 0 radical (unpaired) electrons. The molecule has 0 saturated heterocycles. The number of ether oxygens (including phenoxy) is 1. The van der Waals surface area contributed by atoms with Crippen LogP contribution in [0.1, 0.15) is 17.3 Å². The molecule has 122 valence electrons. The van der Waals surface area contributed by atoms with Gasteiger partial charge in [0.25, 0.3) is 15.9 Å². The minimum absolute atomic E-state index is 0.0510. The molecule has 0 saturated carbocycles. The van der Waals surface area contributed by atoms with Crippen molar-refractivity contribution in [3.8, 4) is 5.75 Å². The second-order valence-electron chi connectivity index (χ2n) is 4.54. The van der Waals surface area contributed by atoms with Gasteiger partial charge in [0.15, 0.2) is 0 Å². The predicted octanol–water partition coefficient (Wildman–Crippen LogP) is 1.49. The van der Waals surface area contributed by atoms with Gasteiger partial charge in [0, 0.05) is 5.56 Å². The molecule has 0 aromatic heterocycles. The highest BCUT2D eigenvalue weighted by Gasteiger charge is 2.18. The standard InChI is InChI=1S/C15H17N3O4S/c1-2-22-14-9-4-3-8-13(14)18-23(20,21)12-7-5-6-11(10-12)15(19)17-16/h3-10,18H,2,16H2,1H3,(H,17,19). The second-order valence-corrected chi connectivity index (χ2v) is 6.22. The Labute approximate surface area is 134 Å². The number of sulfonamides is 1. The Morgan fingerprint density at radius 1 is 1.17 bits per heavy atom. The summed E-state index contributed by atoms with van der Waals surface area (Å²) < 4.78 is 32.8. The number of amides is 1. The molecule has 2 aromatic carbocycles. The smallest absolute Gasteiger partial charge is 0.265 e. The van der Waals surface area contributed by atoms with E-state index < -0.39 is 15.9 Å². The third-order valence-corrected chi connectivity index (χ3v) is 4.33. The molecule has 2 aromatic rings. The number of nitrogen functional groups attached to an aromatic ring is 1. The van der Waals surface area contributed by atoms with Crippen LogP contribution in [-0.2, 0) is 10.0 Å². The summed E-state index contributed by atoms with van der Waals surface area (Å²) in [5.74, 6) is 4.91. The van der Waals surface area contributed by atoms with E-state index in [0.29, 0.717) is 18.0 Å². The van der Waals surface area contributed by atoms with Crippen LogP contribution in [0.5, 0.6) is 5.75 Å². The van der Waals surface area contributed by atoms with E-state index in [-0.39, 0.29) is 10.5 Å². The van der Waals surface area contributed by atoms with Gasteiger partial charge < -0.3 is 4.74 Å². The van der Waals surface area contributed by atoms with Crippen molar-refractivity contribution in [1.82, 2.24) is 5.43 Å². The molecular weight excluding hydrogens is 318 g/mol. The first-order valence-corrected chi connectivity index (χ1v) is 8.32. The summed E-state index contributed by atoms with van der Waals surface area (Å²) in [5.41, 5.74) is 2.43. The highest BCUT2D eigenvalue weighted by atomic mass is 32.2. The van der Waals surface area contributed by atoms with E-state index in [0.717, 1.165) is 0 Å². The number of para-hydroxylation sites is 2. The van der Waals surface area contributed by atoms with Crippen molar-refractivity contribution in [1.29, 1.82) is 0 Å². The molecule has 7 nitrogen and oxygen atoms in total. The molecule has 2 rings (SSSR count). The molecule has 0 spiro atoms. The number of rotatable bonds is 6. The van der Waals surface area contributed by atoms with Gasteiger partial charge in [-0.3, -0.25) is 14.9 Å². The number of hydrogen-bond donors (Lipinski definition) is 3. The van der Waals surface area contributed by atoms with Crippen LogP contribution >= 0.6 is 0 Å². The quantitative estimate of drug-likeness (QED) is 0.421. The lowest BCUT2D eigenvalue weighted by molar-refractivity contribution is 0.0953. The normalized spacial score (nSPS) is 10.9. The summed E-state index contributed by atoms with van der Waals surface area (Å²) in [4.78, 5) is 11.5. The van der Waals surface area contributed by atoms with Crippen molar-refractivity contribution in [3.63, 3.8) is 0 Å². The minimum atomic E-state index is -3.87. The average Bonchev–Trinajstić information content (AvgIpc) is 2.56. The van der Waals surface area contributed by atoms with Gasteiger partial charge in [-0.05, 0) is 37.3 Å². The van der Waals surface area contributed by atoms with E-state index in [9.17, 15) is 13.2 Å². The van der Waals surface area contributed by atoms with Crippen molar-refractivity contribution in [2.75, 3.05) is 11.3 Å². The van der Waals surface area contributed by atoms with Gasteiger partial charge in [-0.2, -0.15) is 0 Å². The van der Waals surface area contributed by atoms with E-state index in [1.54, 1.807) is 31.2 Å². The Bertz CT molecular complexity index is 806. The Hall–Kier alpha value is -2.58.